The molecule has 0 unspecified atom stereocenters. The molecule has 4 aromatic rings. The molecule has 9 heteroatoms. The Balaban J connectivity index is 1.56. The minimum absolute atomic E-state index is 0.0620. The number of halogens is 1. The second kappa shape index (κ2) is 10.1. The van der Waals surface area contributed by atoms with Gasteiger partial charge in [-0.3, -0.25) is 4.79 Å². The van der Waals surface area contributed by atoms with E-state index in [1.165, 1.54) is 11.3 Å². The molecule has 1 saturated heterocycles. The average Bonchev–Trinajstić information content (AvgIpc) is 3.28. The van der Waals surface area contributed by atoms with Gasteiger partial charge in [0.25, 0.3) is 0 Å². The lowest BCUT2D eigenvalue weighted by Crippen LogP contribution is -2.42. The number of carbonyl (C=O) groups is 1. The lowest BCUT2D eigenvalue weighted by Gasteiger charge is -2.35. The summed E-state index contributed by atoms with van der Waals surface area (Å²) in [5, 5.41) is 11.0. The molecule has 1 aliphatic heterocycles. The van der Waals surface area contributed by atoms with Crippen LogP contribution in [-0.4, -0.2) is 64.2 Å². The smallest absolute Gasteiger partial charge is 0.307 e. The van der Waals surface area contributed by atoms with Gasteiger partial charge in [-0.2, -0.15) is 0 Å². The van der Waals surface area contributed by atoms with Crippen LogP contribution in [0.3, 0.4) is 0 Å². The zero-order valence-electron chi connectivity index (χ0n) is 20.5. The number of benzene rings is 2. The van der Waals surface area contributed by atoms with Crippen molar-refractivity contribution in [1.82, 2.24) is 19.9 Å². The molecule has 1 N–H and O–H groups in total. The molecule has 0 spiro atoms. The zero-order valence-corrected chi connectivity index (χ0v) is 22.1. The van der Waals surface area contributed by atoms with Gasteiger partial charge in [-0.25, -0.2) is 15.0 Å². The first-order valence-corrected chi connectivity index (χ1v) is 13.1. The van der Waals surface area contributed by atoms with Crippen molar-refractivity contribution in [2.24, 2.45) is 0 Å². The van der Waals surface area contributed by atoms with Crippen LogP contribution in [0, 0.1) is 6.92 Å². The highest BCUT2D eigenvalue weighted by Crippen LogP contribution is 2.41. The van der Waals surface area contributed by atoms with E-state index in [0.717, 1.165) is 75.1 Å². The Bertz CT molecular complexity index is 1410. The van der Waals surface area contributed by atoms with Crippen molar-refractivity contribution in [2.75, 3.05) is 32.1 Å². The highest BCUT2D eigenvalue weighted by molar-refractivity contribution is 7.22. The topological polar surface area (TPSA) is 82.5 Å². The molecule has 2 aromatic carbocycles. The summed E-state index contributed by atoms with van der Waals surface area (Å²) in [6.07, 6.45) is 3.89. The number of hydrogen-bond donors (Lipinski definition) is 1. The number of rotatable bonds is 6. The predicted molar refractivity (Wildman–Crippen MR) is 146 cm³/mol. The second-order valence-electron chi connectivity index (χ2n) is 9.42. The summed E-state index contributed by atoms with van der Waals surface area (Å²) in [6, 6.07) is 12.0. The van der Waals surface area contributed by atoms with Crippen molar-refractivity contribution in [3.8, 4) is 21.8 Å². The molecule has 3 heterocycles. The zero-order chi connectivity index (χ0) is 25.4. The third-order valence-electron chi connectivity index (χ3n) is 6.81. The molecule has 5 rings (SSSR count). The normalized spacial score (nSPS) is 14.6. The molecule has 0 saturated carbocycles. The van der Waals surface area contributed by atoms with E-state index in [-0.39, 0.29) is 6.42 Å². The molecule has 0 atom stereocenters. The SMILES string of the molecule is Cc1cc2nc(-c3ccnc(N4CCC(N(C)C)CC4)n3)sc2c(-c2ccc(Cl)cc2)c1CC(=O)O. The summed E-state index contributed by atoms with van der Waals surface area (Å²) in [5.74, 6) is -0.138. The number of fused-ring (bicyclic) bond motifs is 1. The fourth-order valence-corrected chi connectivity index (χ4v) is 6.08. The minimum Gasteiger partial charge on any atom is -0.481 e. The third kappa shape index (κ3) is 4.93. The van der Waals surface area contributed by atoms with E-state index in [1.807, 2.05) is 43.3 Å². The van der Waals surface area contributed by atoms with Crippen LogP contribution in [-0.2, 0) is 11.2 Å². The van der Waals surface area contributed by atoms with E-state index in [1.54, 1.807) is 6.20 Å². The highest BCUT2D eigenvalue weighted by Gasteiger charge is 2.23. The van der Waals surface area contributed by atoms with E-state index < -0.39 is 5.97 Å². The molecule has 1 fully saturated rings. The quantitative estimate of drug-likeness (QED) is 0.356. The summed E-state index contributed by atoms with van der Waals surface area (Å²) in [6.45, 7) is 3.78. The van der Waals surface area contributed by atoms with Gasteiger partial charge in [0.05, 0.1) is 16.6 Å². The number of anilines is 1. The summed E-state index contributed by atoms with van der Waals surface area (Å²) in [4.78, 5) is 30.6. The summed E-state index contributed by atoms with van der Waals surface area (Å²) >= 11 is 7.67. The van der Waals surface area contributed by atoms with Crippen LogP contribution >= 0.6 is 22.9 Å². The van der Waals surface area contributed by atoms with E-state index in [4.69, 9.17) is 21.6 Å². The molecular formula is C27H28ClN5O2S. The molecular weight excluding hydrogens is 494 g/mol. The van der Waals surface area contributed by atoms with Crippen LogP contribution in [0.25, 0.3) is 32.0 Å². The molecule has 7 nitrogen and oxygen atoms in total. The maximum atomic E-state index is 11.7. The van der Waals surface area contributed by atoms with Gasteiger partial charge in [0, 0.05) is 35.9 Å². The maximum absolute atomic E-state index is 11.7. The molecule has 36 heavy (non-hydrogen) atoms. The fraction of sp³-hybridized carbons (Fsp3) is 0.333. The first kappa shape index (κ1) is 24.6. The van der Waals surface area contributed by atoms with E-state index in [2.05, 4.69) is 28.9 Å². The van der Waals surface area contributed by atoms with Gasteiger partial charge < -0.3 is 14.9 Å². The van der Waals surface area contributed by atoms with Crippen molar-refractivity contribution in [3.63, 3.8) is 0 Å². The standard InChI is InChI=1S/C27H28ClN5O2S/c1-16-14-22-25(24(20(16)15-23(34)35)17-4-6-18(28)7-5-17)36-26(30-22)21-8-11-29-27(31-21)33-12-9-19(10-13-33)32(2)3/h4-8,11,14,19H,9-10,12-13,15H2,1-3H3,(H,34,35). The summed E-state index contributed by atoms with van der Waals surface area (Å²) in [7, 11) is 4.26. The molecule has 186 valence electrons. The Morgan fingerprint density at radius 2 is 1.89 bits per heavy atom. The van der Waals surface area contributed by atoms with Crippen LogP contribution in [0.15, 0.2) is 42.6 Å². The van der Waals surface area contributed by atoms with Crippen molar-refractivity contribution in [1.29, 1.82) is 0 Å². The summed E-state index contributed by atoms with van der Waals surface area (Å²) in [5.41, 5.74) is 5.12. The Kier molecular flexibility index (Phi) is 6.92. The number of thiazole rings is 1. The van der Waals surface area contributed by atoms with Crippen molar-refractivity contribution < 1.29 is 9.90 Å². The third-order valence-corrected chi connectivity index (χ3v) is 8.18. The Morgan fingerprint density at radius 1 is 1.17 bits per heavy atom. The Hall–Kier alpha value is -3.07. The number of carboxylic acid groups (broad SMARTS) is 1. The first-order chi connectivity index (χ1) is 17.3. The van der Waals surface area contributed by atoms with Gasteiger partial charge in [0.1, 0.15) is 10.7 Å². The maximum Gasteiger partial charge on any atom is 0.307 e. The monoisotopic (exact) mass is 521 g/mol. The number of aromatic nitrogens is 3. The average molecular weight is 522 g/mol. The molecule has 0 bridgehead atoms. The first-order valence-electron chi connectivity index (χ1n) is 12.0. The van der Waals surface area contributed by atoms with Gasteiger partial charge in [-0.1, -0.05) is 23.7 Å². The van der Waals surface area contributed by atoms with Crippen molar-refractivity contribution in [3.05, 3.63) is 58.7 Å². The molecule has 2 aromatic heterocycles. The Labute approximate surface area is 219 Å². The lowest BCUT2D eigenvalue weighted by atomic mass is 9.93. The number of piperidine rings is 1. The number of aliphatic carboxylic acids is 1. The highest BCUT2D eigenvalue weighted by atomic mass is 35.5. The Morgan fingerprint density at radius 3 is 2.56 bits per heavy atom. The molecule has 0 amide bonds. The van der Waals surface area contributed by atoms with Gasteiger partial charge in [-0.15, -0.1) is 11.3 Å². The lowest BCUT2D eigenvalue weighted by molar-refractivity contribution is -0.136. The van der Waals surface area contributed by atoms with E-state index in [9.17, 15) is 9.90 Å². The van der Waals surface area contributed by atoms with Crippen LogP contribution in [0.4, 0.5) is 5.95 Å². The molecule has 0 aliphatic carbocycles. The van der Waals surface area contributed by atoms with Gasteiger partial charge in [0.15, 0.2) is 0 Å². The van der Waals surface area contributed by atoms with Crippen molar-refractivity contribution >= 4 is 45.1 Å². The van der Waals surface area contributed by atoms with Crippen molar-refractivity contribution in [2.45, 2.75) is 32.2 Å². The van der Waals surface area contributed by atoms with Gasteiger partial charge in [0.2, 0.25) is 5.95 Å². The molecule has 0 radical (unpaired) electrons. The van der Waals surface area contributed by atoms with Crippen LogP contribution in [0.2, 0.25) is 5.02 Å². The second-order valence-corrected chi connectivity index (χ2v) is 10.9. The van der Waals surface area contributed by atoms with Crippen LogP contribution in [0.1, 0.15) is 24.0 Å². The van der Waals surface area contributed by atoms with Crippen LogP contribution in [0.5, 0.6) is 0 Å². The number of carboxylic acids is 1. The fourth-order valence-electron chi connectivity index (χ4n) is 4.85. The van der Waals surface area contributed by atoms with E-state index in [0.29, 0.717) is 11.1 Å². The number of nitrogens with zero attached hydrogens (tertiary/aromatic N) is 5. The van der Waals surface area contributed by atoms with Crippen LogP contribution < -0.4 is 4.90 Å². The molecule has 1 aliphatic rings. The predicted octanol–water partition coefficient (Wildman–Crippen LogP) is 5.54. The number of aryl methyl sites for hydroxylation is 1. The van der Waals surface area contributed by atoms with Gasteiger partial charge in [-0.05, 0) is 74.8 Å². The van der Waals surface area contributed by atoms with E-state index >= 15 is 0 Å². The van der Waals surface area contributed by atoms with Gasteiger partial charge >= 0.3 is 5.97 Å². The minimum atomic E-state index is -0.865. The summed E-state index contributed by atoms with van der Waals surface area (Å²) < 4.78 is 0.945. The number of hydrogen-bond acceptors (Lipinski definition) is 7. The largest absolute Gasteiger partial charge is 0.481 e.